The SMILES string of the molecule is CC(C)COC(=O)NC1CCN(/C=C2/N=C(c3cccc4ccccc34)OC2=O)CC1. The minimum absolute atomic E-state index is 0.0691. The lowest BCUT2D eigenvalue weighted by molar-refractivity contribution is -0.130. The Morgan fingerprint density at radius 2 is 1.97 bits per heavy atom. The van der Waals surface area contributed by atoms with Gasteiger partial charge in [-0.2, -0.15) is 0 Å². The van der Waals surface area contributed by atoms with Crippen molar-refractivity contribution in [3.8, 4) is 0 Å². The number of aliphatic imine (C=N–C) groups is 1. The first-order valence-electron chi connectivity index (χ1n) is 10.7. The molecule has 1 saturated heterocycles. The standard InChI is InChI=1S/C24H27N3O4/c1-16(2)15-30-24(29)25-18-10-12-27(13-11-18)14-21-23(28)31-22(26-21)20-9-5-7-17-6-3-4-8-19(17)20/h3-9,14,16,18H,10-13,15H2,1-2H3,(H,25,29)/b21-14+. The molecule has 2 aromatic carbocycles. The second-order valence-electron chi connectivity index (χ2n) is 8.29. The summed E-state index contributed by atoms with van der Waals surface area (Å²) in [5, 5.41) is 4.98. The molecule has 1 N–H and O–H groups in total. The van der Waals surface area contributed by atoms with Crippen molar-refractivity contribution in [3.05, 3.63) is 59.9 Å². The highest BCUT2D eigenvalue weighted by molar-refractivity contribution is 6.16. The average molecular weight is 421 g/mol. The molecule has 0 saturated carbocycles. The van der Waals surface area contributed by atoms with Gasteiger partial charge in [0, 0.05) is 30.9 Å². The lowest BCUT2D eigenvalue weighted by Gasteiger charge is -2.31. The van der Waals surface area contributed by atoms with Gasteiger partial charge in [0.2, 0.25) is 5.90 Å². The molecule has 0 spiro atoms. The van der Waals surface area contributed by atoms with Gasteiger partial charge in [0.1, 0.15) is 0 Å². The molecule has 2 aliphatic rings. The fourth-order valence-corrected chi connectivity index (χ4v) is 3.72. The van der Waals surface area contributed by atoms with E-state index < -0.39 is 5.97 Å². The number of nitrogens with zero attached hydrogens (tertiary/aromatic N) is 2. The molecule has 1 amide bonds. The molecule has 162 valence electrons. The Kier molecular flexibility index (Phi) is 6.21. The minimum atomic E-state index is -0.444. The number of rotatable bonds is 5. The topological polar surface area (TPSA) is 80.2 Å². The Morgan fingerprint density at radius 3 is 2.74 bits per heavy atom. The van der Waals surface area contributed by atoms with Gasteiger partial charge in [-0.3, -0.25) is 0 Å². The van der Waals surface area contributed by atoms with Gasteiger partial charge in [-0.15, -0.1) is 0 Å². The van der Waals surface area contributed by atoms with Gasteiger partial charge in [-0.05, 0) is 35.6 Å². The maximum absolute atomic E-state index is 12.4. The summed E-state index contributed by atoms with van der Waals surface area (Å²) in [5.74, 6) is 0.197. The third-order valence-corrected chi connectivity index (χ3v) is 5.34. The van der Waals surface area contributed by atoms with Crippen LogP contribution in [0.4, 0.5) is 4.79 Å². The van der Waals surface area contributed by atoms with E-state index in [-0.39, 0.29) is 12.1 Å². The predicted octanol–water partition coefficient (Wildman–Crippen LogP) is 3.83. The number of benzene rings is 2. The van der Waals surface area contributed by atoms with E-state index >= 15 is 0 Å². The van der Waals surface area contributed by atoms with Crippen LogP contribution in [0.1, 0.15) is 32.3 Å². The second kappa shape index (κ2) is 9.20. The molecule has 2 aromatic rings. The number of carbonyl (C=O) groups excluding carboxylic acids is 2. The van der Waals surface area contributed by atoms with Crippen LogP contribution in [-0.2, 0) is 14.3 Å². The molecule has 7 nitrogen and oxygen atoms in total. The zero-order chi connectivity index (χ0) is 21.8. The quantitative estimate of drug-likeness (QED) is 0.586. The van der Waals surface area contributed by atoms with E-state index in [0.717, 1.165) is 29.2 Å². The number of carbonyl (C=O) groups is 2. The maximum Gasteiger partial charge on any atom is 0.407 e. The summed E-state index contributed by atoms with van der Waals surface area (Å²) < 4.78 is 10.7. The Bertz CT molecular complexity index is 1030. The molecule has 0 unspecified atom stereocenters. The van der Waals surface area contributed by atoms with Gasteiger partial charge < -0.3 is 19.7 Å². The van der Waals surface area contributed by atoms with Crippen LogP contribution < -0.4 is 5.32 Å². The van der Waals surface area contributed by atoms with Crippen LogP contribution in [0.2, 0.25) is 0 Å². The van der Waals surface area contributed by atoms with Crippen molar-refractivity contribution in [2.45, 2.75) is 32.7 Å². The molecule has 2 aliphatic heterocycles. The smallest absolute Gasteiger partial charge is 0.407 e. The predicted molar refractivity (Wildman–Crippen MR) is 119 cm³/mol. The minimum Gasteiger partial charge on any atom is -0.449 e. The summed E-state index contributed by atoms with van der Waals surface area (Å²) >= 11 is 0. The summed E-state index contributed by atoms with van der Waals surface area (Å²) in [6.07, 6.45) is 2.94. The number of piperidine rings is 1. The van der Waals surface area contributed by atoms with E-state index in [4.69, 9.17) is 9.47 Å². The molecule has 31 heavy (non-hydrogen) atoms. The Balaban J connectivity index is 1.39. The van der Waals surface area contributed by atoms with Crippen LogP contribution in [0.25, 0.3) is 10.8 Å². The van der Waals surface area contributed by atoms with Gasteiger partial charge >= 0.3 is 12.1 Å². The third-order valence-electron chi connectivity index (χ3n) is 5.34. The van der Waals surface area contributed by atoms with Crippen LogP contribution in [0.5, 0.6) is 0 Å². The highest BCUT2D eigenvalue weighted by Crippen LogP contribution is 2.24. The molecule has 7 heteroatoms. The average Bonchev–Trinajstić information content (AvgIpc) is 3.13. The molecule has 0 bridgehead atoms. The molecular formula is C24H27N3O4. The third kappa shape index (κ3) is 5.05. The summed E-state index contributed by atoms with van der Waals surface area (Å²) in [7, 11) is 0. The summed E-state index contributed by atoms with van der Waals surface area (Å²) in [5.41, 5.74) is 1.10. The van der Waals surface area contributed by atoms with E-state index in [1.807, 2.05) is 61.2 Å². The Labute approximate surface area is 181 Å². The largest absolute Gasteiger partial charge is 0.449 e. The number of amides is 1. The number of hydrogen-bond donors (Lipinski definition) is 1. The molecular weight excluding hydrogens is 394 g/mol. The van der Waals surface area contributed by atoms with Crippen LogP contribution in [0.15, 0.2) is 59.4 Å². The number of cyclic esters (lactones) is 1. The van der Waals surface area contributed by atoms with Crippen molar-refractivity contribution < 1.29 is 19.1 Å². The second-order valence-corrected chi connectivity index (χ2v) is 8.29. The first-order valence-corrected chi connectivity index (χ1v) is 10.7. The Morgan fingerprint density at radius 1 is 1.23 bits per heavy atom. The number of alkyl carbamates (subject to hydrolysis) is 1. The highest BCUT2D eigenvalue weighted by Gasteiger charge is 2.27. The van der Waals surface area contributed by atoms with Crippen molar-refractivity contribution in [1.82, 2.24) is 10.2 Å². The first kappa shape index (κ1) is 20.9. The molecule has 0 atom stereocenters. The van der Waals surface area contributed by atoms with Gasteiger partial charge in [-0.25, -0.2) is 14.6 Å². The van der Waals surface area contributed by atoms with Crippen LogP contribution in [-0.4, -0.2) is 48.6 Å². The Hall–Kier alpha value is -3.35. The van der Waals surface area contributed by atoms with Crippen LogP contribution in [0, 0.1) is 5.92 Å². The fraction of sp³-hybridized carbons (Fsp3) is 0.375. The monoisotopic (exact) mass is 421 g/mol. The van der Waals surface area contributed by atoms with E-state index in [2.05, 4.69) is 10.3 Å². The normalized spacial score (nSPS) is 18.4. The molecule has 2 heterocycles. The number of esters is 1. The van der Waals surface area contributed by atoms with Crippen molar-refractivity contribution in [2.24, 2.45) is 10.9 Å². The van der Waals surface area contributed by atoms with Gasteiger partial charge in [0.25, 0.3) is 0 Å². The van der Waals surface area contributed by atoms with Gasteiger partial charge in [0.05, 0.1) is 6.61 Å². The van der Waals surface area contributed by atoms with E-state index in [9.17, 15) is 9.59 Å². The summed E-state index contributed by atoms with van der Waals surface area (Å²) in [4.78, 5) is 30.8. The van der Waals surface area contributed by atoms with Gasteiger partial charge in [-0.1, -0.05) is 50.2 Å². The van der Waals surface area contributed by atoms with Crippen LogP contribution >= 0.6 is 0 Å². The highest BCUT2D eigenvalue weighted by atomic mass is 16.6. The van der Waals surface area contributed by atoms with E-state index in [1.165, 1.54) is 0 Å². The van der Waals surface area contributed by atoms with Gasteiger partial charge in [0.15, 0.2) is 5.70 Å². The number of likely N-dealkylation sites (tertiary alicyclic amines) is 1. The molecule has 1 fully saturated rings. The summed E-state index contributed by atoms with van der Waals surface area (Å²) in [6.45, 7) is 5.84. The zero-order valence-corrected chi connectivity index (χ0v) is 17.8. The van der Waals surface area contributed by atoms with Crippen molar-refractivity contribution in [2.75, 3.05) is 19.7 Å². The number of nitrogens with one attached hydrogen (secondary N) is 1. The van der Waals surface area contributed by atoms with E-state index in [1.54, 1.807) is 6.20 Å². The maximum atomic E-state index is 12.4. The number of ether oxygens (including phenoxy) is 2. The summed E-state index contributed by atoms with van der Waals surface area (Å²) in [6, 6.07) is 13.9. The molecule has 0 radical (unpaired) electrons. The number of fused-ring (bicyclic) bond motifs is 1. The van der Waals surface area contributed by atoms with Crippen molar-refractivity contribution in [3.63, 3.8) is 0 Å². The van der Waals surface area contributed by atoms with Crippen molar-refractivity contribution in [1.29, 1.82) is 0 Å². The first-order chi connectivity index (χ1) is 15.0. The molecule has 0 aliphatic carbocycles. The van der Waals surface area contributed by atoms with Crippen LogP contribution in [0.3, 0.4) is 0 Å². The zero-order valence-electron chi connectivity index (χ0n) is 17.8. The lowest BCUT2D eigenvalue weighted by Crippen LogP contribution is -2.43. The molecule has 4 rings (SSSR count). The fourth-order valence-electron chi connectivity index (χ4n) is 3.72. The van der Waals surface area contributed by atoms with E-state index in [0.29, 0.717) is 37.2 Å². The lowest BCUT2D eigenvalue weighted by atomic mass is 10.0. The number of hydrogen-bond acceptors (Lipinski definition) is 6. The molecule has 0 aromatic heterocycles. The van der Waals surface area contributed by atoms with Crippen molar-refractivity contribution >= 4 is 28.7 Å².